The molecule has 0 fully saturated rings. The van der Waals surface area contributed by atoms with E-state index in [1.807, 2.05) is 28.8 Å². The SMILES string of the molecule is C[C@@H](O)CNCc1cccc2nccn12. The highest BCUT2D eigenvalue weighted by Crippen LogP contribution is 2.05. The van der Waals surface area contributed by atoms with Gasteiger partial charge in [-0.25, -0.2) is 4.98 Å². The van der Waals surface area contributed by atoms with Crippen molar-refractivity contribution in [3.05, 3.63) is 36.3 Å². The summed E-state index contributed by atoms with van der Waals surface area (Å²) in [6.45, 7) is 3.11. The van der Waals surface area contributed by atoms with Crippen LogP contribution in [0.2, 0.25) is 0 Å². The molecule has 0 aliphatic carbocycles. The first kappa shape index (κ1) is 10.1. The van der Waals surface area contributed by atoms with E-state index in [-0.39, 0.29) is 6.10 Å². The van der Waals surface area contributed by atoms with Crippen LogP contribution in [0.4, 0.5) is 0 Å². The van der Waals surface area contributed by atoms with Crippen LogP contribution in [0.1, 0.15) is 12.6 Å². The average molecular weight is 205 g/mol. The molecule has 0 amide bonds. The van der Waals surface area contributed by atoms with E-state index in [1.54, 1.807) is 13.1 Å². The quantitative estimate of drug-likeness (QED) is 0.776. The Morgan fingerprint density at radius 1 is 1.53 bits per heavy atom. The standard InChI is InChI=1S/C11H15N3O/c1-9(15)7-12-8-10-3-2-4-11-13-5-6-14(10)11/h2-6,9,12,15H,7-8H2,1H3/t9-/m1/s1. The second kappa shape index (κ2) is 4.42. The fourth-order valence-corrected chi connectivity index (χ4v) is 1.56. The predicted molar refractivity (Wildman–Crippen MR) is 58.6 cm³/mol. The van der Waals surface area contributed by atoms with Crippen molar-refractivity contribution in [2.45, 2.75) is 19.6 Å². The van der Waals surface area contributed by atoms with Crippen molar-refractivity contribution in [3.63, 3.8) is 0 Å². The van der Waals surface area contributed by atoms with Gasteiger partial charge in [-0.2, -0.15) is 0 Å². The second-order valence-electron chi connectivity index (χ2n) is 3.65. The number of imidazole rings is 1. The normalized spacial score (nSPS) is 13.2. The number of nitrogens with one attached hydrogen (secondary N) is 1. The molecule has 0 saturated carbocycles. The Hall–Kier alpha value is -1.39. The third kappa shape index (κ3) is 2.34. The molecule has 0 aliphatic heterocycles. The van der Waals surface area contributed by atoms with Gasteiger partial charge in [-0.05, 0) is 19.1 Å². The minimum atomic E-state index is -0.313. The van der Waals surface area contributed by atoms with E-state index in [4.69, 9.17) is 5.11 Å². The maximum Gasteiger partial charge on any atom is 0.136 e. The molecule has 2 heterocycles. The summed E-state index contributed by atoms with van der Waals surface area (Å²) in [6, 6.07) is 6.00. The number of rotatable bonds is 4. The Morgan fingerprint density at radius 3 is 3.20 bits per heavy atom. The summed E-state index contributed by atoms with van der Waals surface area (Å²) in [4.78, 5) is 4.21. The van der Waals surface area contributed by atoms with Crippen LogP contribution >= 0.6 is 0 Å². The first-order valence-electron chi connectivity index (χ1n) is 5.07. The third-order valence-electron chi connectivity index (χ3n) is 2.26. The monoisotopic (exact) mass is 205 g/mol. The zero-order chi connectivity index (χ0) is 10.7. The summed E-state index contributed by atoms with van der Waals surface area (Å²) in [5.41, 5.74) is 2.09. The molecule has 0 spiro atoms. The summed E-state index contributed by atoms with van der Waals surface area (Å²) in [7, 11) is 0. The van der Waals surface area contributed by atoms with Crippen LogP contribution in [0.15, 0.2) is 30.6 Å². The largest absolute Gasteiger partial charge is 0.392 e. The summed E-state index contributed by atoms with van der Waals surface area (Å²) >= 11 is 0. The molecule has 80 valence electrons. The topological polar surface area (TPSA) is 49.6 Å². The van der Waals surface area contributed by atoms with E-state index in [2.05, 4.69) is 10.3 Å². The van der Waals surface area contributed by atoms with E-state index >= 15 is 0 Å². The number of aliphatic hydroxyl groups excluding tert-OH is 1. The Kier molecular flexibility index (Phi) is 2.99. The summed E-state index contributed by atoms with van der Waals surface area (Å²) < 4.78 is 2.04. The van der Waals surface area contributed by atoms with E-state index in [0.717, 1.165) is 17.9 Å². The van der Waals surface area contributed by atoms with Crippen LogP contribution in [0.25, 0.3) is 5.65 Å². The fraction of sp³-hybridized carbons (Fsp3) is 0.364. The molecule has 0 saturated heterocycles. The predicted octanol–water partition coefficient (Wildman–Crippen LogP) is 0.805. The molecule has 15 heavy (non-hydrogen) atoms. The minimum absolute atomic E-state index is 0.313. The molecular weight excluding hydrogens is 190 g/mol. The molecule has 0 aliphatic rings. The van der Waals surface area contributed by atoms with Crippen molar-refractivity contribution < 1.29 is 5.11 Å². The van der Waals surface area contributed by atoms with E-state index in [9.17, 15) is 0 Å². The summed E-state index contributed by atoms with van der Waals surface area (Å²) in [5, 5.41) is 12.3. The van der Waals surface area contributed by atoms with Gasteiger partial charge in [0.05, 0.1) is 6.10 Å². The zero-order valence-electron chi connectivity index (χ0n) is 8.72. The van der Waals surface area contributed by atoms with E-state index in [1.165, 1.54) is 0 Å². The van der Waals surface area contributed by atoms with Crippen molar-refractivity contribution in [2.24, 2.45) is 0 Å². The van der Waals surface area contributed by atoms with Gasteiger partial charge >= 0.3 is 0 Å². The van der Waals surface area contributed by atoms with Gasteiger partial charge in [-0.1, -0.05) is 6.07 Å². The highest BCUT2D eigenvalue weighted by atomic mass is 16.3. The van der Waals surface area contributed by atoms with Gasteiger partial charge in [0, 0.05) is 31.2 Å². The molecule has 0 unspecified atom stereocenters. The van der Waals surface area contributed by atoms with Gasteiger partial charge in [0.25, 0.3) is 0 Å². The lowest BCUT2D eigenvalue weighted by molar-refractivity contribution is 0.191. The van der Waals surface area contributed by atoms with Crippen molar-refractivity contribution in [3.8, 4) is 0 Å². The highest BCUT2D eigenvalue weighted by molar-refractivity contribution is 5.39. The number of hydrogen-bond acceptors (Lipinski definition) is 3. The third-order valence-corrected chi connectivity index (χ3v) is 2.26. The first-order chi connectivity index (χ1) is 7.27. The molecule has 2 aromatic rings. The molecule has 2 aromatic heterocycles. The molecule has 4 heteroatoms. The minimum Gasteiger partial charge on any atom is -0.392 e. The van der Waals surface area contributed by atoms with E-state index < -0.39 is 0 Å². The number of aliphatic hydroxyl groups is 1. The number of fused-ring (bicyclic) bond motifs is 1. The molecule has 4 nitrogen and oxygen atoms in total. The maximum absolute atomic E-state index is 9.12. The average Bonchev–Trinajstić information content (AvgIpc) is 2.65. The smallest absolute Gasteiger partial charge is 0.136 e. The molecule has 1 atom stereocenters. The molecule has 2 N–H and O–H groups in total. The number of aromatic nitrogens is 2. The Bertz CT molecular complexity index is 436. The first-order valence-corrected chi connectivity index (χ1v) is 5.07. The summed E-state index contributed by atoms with van der Waals surface area (Å²) in [6.07, 6.45) is 3.41. The van der Waals surface area contributed by atoms with Crippen molar-refractivity contribution in [1.29, 1.82) is 0 Å². The van der Waals surface area contributed by atoms with Crippen LogP contribution in [0, 0.1) is 0 Å². The maximum atomic E-state index is 9.12. The zero-order valence-corrected chi connectivity index (χ0v) is 8.72. The molecule has 2 rings (SSSR count). The number of nitrogens with zero attached hydrogens (tertiary/aromatic N) is 2. The number of hydrogen-bond donors (Lipinski definition) is 2. The van der Waals surface area contributed by atoms with Crippen LogP contribution in [0.5, 0.6) is 0 Å². The van der Waals surface area contributed by atoms with Crippen LogP contribution in [-0.2, 0) is 6.54 Å². The van der Waals surface area contributed by atoms with Crippen LogP contribution in [0.3, 0.4) is 0 Å². The Balaban J connectivity index is 2.10. The lowest BCUT2D eigenvalue weighted by atomic mass is 10.3. The van der Waals surface area contributed by atoms with Crippen LogP contribution in [-0.4, -0.2) is 27.1 Å². The number of pyridine rings is 1. The lowest BCUT2D eigenvalue weighted by Crippen LogP contribution is -2.24. The van der Waals surface area contributed by atoms with E-state index in [0.29, 0.717) is 6.54 Å². The van der Waals surface area contributed by atoms with Crippen molar-refractivity contribution >= 4 is 5.65 Å². The van der Waals surface area contributed by atoms with Crippen LogP contribution < -0.4 is 5.32 Å². The summed E-state index contributed by atoms with van der Waals surface area (Å²) in [5.74, 6) is 0. The Labute approximate surface area is 88.6 Å². The van der Waals surface area contributed by atoms with Gasteiger partial charge in [0.15, 0.2) is 0 Å². The van der Waals surface area contributed by atoms with Gasteiger partial charge in [0.2, 0.25) is 0 Å². The van der Waals surface area contributed by atoms with Gasteiger partial charge in [-0.15, -0.1) is 0 Å². The molecular formula is C11H15N3O. The highest BCUT2D eigenvalue weighted by Gasteiger charge is 2.00. The second-order valence-corrected chi connectivity index (χ2v) is 3.65. The lowest BCUT2D eigenvalue weighted by Gasteiger charge is -2.08. The molecule has 0 aromatic carbocycles. The molecule has 0 radical (unpaired) electrons. The molecule has 0 bridgehead atoms. The fourth-order valence-electron chi connectivity index (χ4n) is 1.56. The van der Waals surface area contributed by atoms with Gasteiger partial charge in [0.1, 0.15) is 5.65 Å². The van der Waals surface area contributed by atoms with Gasteiger partial charge in [-0.3, -0.25) is 0 Å². The van der Waals surface area contributed by atoms with Crippen molar-refractivity contribution in [2.75, 3.05) is 6.54 Å². The Morgan fingerprint density at radius 2 is 2.40 bits per heavy atom. The van der Waals surface area contributed by atoms with Crippen molar-refractivity contribution in [1.82, 2.24) is 14.7 Å². The van der Waals surface area contributed by atoms with Gasteiger partial charge < -0.3 is 14.8 Å².